The lowest BCUT2D eigenvalue weighted by Gasteiger charge is -2.16. The van der Waals surface area contributed by atoms with Crippen LogP contribution in [0.15, 0.2) is 4.90 Å². The van der Waals surface area contributed by atoms with E-state index in [1.54, 1.807) is 25.6 Å². The second-order valence-corrected chi connectivity index (χ2v) is 7.03. The second kappa shape index (κ2) is 5.22. The molecule has 1 aromatic rings. The molecule has 7 heteroatoms. The second-order valence-electron chi connectivity index (χ2n) is 5.15. The third-order valence-electron chi connectivity index (χ3n) is 3.83. The van der Waals surface area contributed by atoms with Crippen LogP contribution in [-0.2, 0) is 17.1 Å². The molecule has 1 N–H and O–H groups in total. The predicted octanol–water partition coefficient (Wildman–Crippen LogP) is 0.430. The first-order chi connectivity index (χ1) is 8.87. The van der Waals surface area contributed by atoms with Gasteiger partial charge in [-0.3, -0.25) is 4.68 Å². The summed E-state index contributed by atoms with van der Waals surface area (Å²) in [6, 6.07) is 0. The molecule has 19 heavy (non-hydrogen) atoms. The van der Waals surface area contributed by atoms with Crippen molar-refractivity contribution in [2.75, 3.05) is 19.7 Å². The molecule has 1 aliphatic heterocycles. The number of aryl methyl sites for hydroxylation is 2. The summed E-state index contributed by atoms with van der Waals surface area (Å²) in [6.45, 7) is 4.64. The fourth-order valence-corrected chi connectivity index (χ4v) is 4.62. The first-order valence-electron chi connectivity index (χ1n) is 6.49. The van der Waals surface area contributed by atoms with Crippen LogP contribution in [0.25, 0.3) is 0 Å². The van der Waals surface area contributed by atoms with E-state index in [9.17, 15) is 8.42 Å². The van der Waals surface area contributed by atoms with Gasteiger partial charge in [-0.15, -0.1) is 0 Å². The van der Waals surface area contributed by atoms with Crippen molar-refractivity contribution in [1.82, 2.24) is 14.1 Å². The maximum Gasteiger partial charge on any atom is 0.246 e. The van der Waals surface area contributed by atoms with E-state index in [1.165, 1.54) is 4.31 Å². The molecule has 0 spiro atoms. The zero-order chi connectivity index (χ0) is 14.2. The molecule has 2 rings (SSSR count). The van der Waals surface area contributed by atoms with Crippen LogP contribution in [-0.4, -0.2) is 47.3 Å². The zero-order valence-corrected chi connectivity index (χ0v) is 12.4. The maximum atomic E-state index is 12.6. The summed E-state index contributed by atoms with van der Waals surface area (Å²) in [6.07, 6.45) is 1.48. The van der Waals surface area contributed by atoms with Crippen molar-refractivity contribution >= 4 is 10.0 Å². The Kier molecular flexibility index (Phi) is 3.98. The van der Waals surface area contributed by atoms with Gasteiger partial charge in [-0.25, -0.2) is 8.42 Å². The number of rotatable bonds is 4. The zero-order valence-electron chi connectivity index (χ0n) is 11.6. The molecule has 1 aliphatic rings. The highest BCUT2D eigenvalue weighted by Crippen LogP contribution is 2.28. The summed E-state index contributed by atoms with van der Waals surface area (Å²) in [5.74, 6) is 0.261. The van der Waals surface area contributed by atoms with Crippen molar-refractivity contribution in [2.45, 2.75) is 31.6 Å². The molecule has 0 amide bonds. The Morgan fingerprint density at radius 2 is 2.11 bits per heavy atom. The lowest BCUT2D eigenvalue weighted by molar-refractivity contribution is 0.259. The highest BCUT2D eigenvalue weighted by molar-refractivity contribution is 7.89. The first-order valence-corrected chi connectivity index (χ1v) is 7.93. The van der Waals surface area contributed by atoms with Gasteiger partial charge in [0.1, 0.15) is 4.90 Å². The summed E-state index contributed by atoms with van der Waals surface area (Å²) in [7, 11) is -1.71. The molecule has 6 nitrogen and oxygen atoms in total. The number of aromatic nitrogens is 2. The Balaban J connectivity index is 2.29. The normalized spacial score (nSPS) is 21.2. The fourth-order valence-electron chi connectivity index (χ4n) is 2.69. The Bertz CT molecular complexity index is 565. The van der Waals surface area contributed by atoms with Crippen molar-refractivity contribution in [3.05, 3.63) is 11.4 Å². The average molecular weight is 287 g/mol. The van der Waals surface area contributed by atoms with Crippen molar-refractivity contribution in [3.63, 3.8) is 0 Å². The SMILES string of the molecule is Cc1nn(C)c(C)c1S(=O)(=O)N1CCC(CCO)C1. The Morgan fingerprint density at radius 3 is 2.63 bits per heavy atom. The highest BCUT2D eigenvalue weighted by Gasteiger charge is 2.35. The number of aliphatic hydroxyl groups is 1. The number of hydrogen-bond acceptors (Lipinski definition) is 4. The van der Waals surface area contributed by atoms with Crippen LogP contribution < -0.4 is 0 Å². The number of hydrogen-bond donors (Lipinski definition) is 1. The van der Waals surface area contributed by atoms with Crippen molar-refractivity contribution in [2.24, 2.45) is 13.0 Å². The quantitative estimate of drug-likeness (QED) is 0.871. The number of aliphatic hydroxyl groups excluding tert-OH is 1. The van der Waals surface area contributed by atoms with Crippen LogP contribution in [0.5, 0.6) is 0 Å². The van der Waals surface area contributed by atoms with Gasteiger partial charge in [0, 0.05) is 26.7 Å². The Hall–Kier alpha value is -0.920. The van der Waals surface area contributed by atoms with E-state index in [0.29, 0.717) is 35.8 Å². The van der Waals surface area contributed by atoms with Gasteiger partial charge in [-0.1, -0.05) is 0 Å². The lowest BCUT2D eigenvalue weighted by atomic mass is 10.1. The summed E-state index contributed by atoms with van der Waals surface area (Å²) < 4.78 is 28.4. The topological polar surface area (TPSA) is 75.4 Å². The molecule has 108 valence electrons. The molecule has 1 saturated heterocycles. The Morgan fingerprint density at radius 1 is 1.42 bits per heavy atom. The minimum absolute atomic E-state index is 0.115. The lowest BCUT2D eigenvalue weighted by Crippen LogP contribution is -2.29. The standard InChI is InChI=1S/C12H21N3O3S/c1-9-12(10(2)14(3)13-9)19(17,18)15-6-4-11(8-15)5-7-16/h11,16H,4-8H2,1-3H3. The van der Waals surface area contributed by atoms with E-state index in [2.05, 4.69) is 5.10 Å². The van der Waals surface area contributed by atoms with E-state index in [4.69, 9.17) is 5.11 Å². The maximum absolute atomic E-state index is 12.6. The highest BCUT2D eigenvalue weighted by atomic mass is 32.2. The van der Waals surface area contributed by atoms with Gasteiger partial charge in [-0.05, 0) is 32.6 Å². The van der Waals surface area contributed by atoms with Gasteiger partial charge < -0.3 is 5.11 Å². The molecule has 1 atom stereocenters. The molecular formula is C12H21N3O3S. The summed E-state index contributed by atoms with van der Waals surface area (Å²) in [5, 5.41) is 13.1. The molecule has 0 aromatic carbocycles. The van der Waals surface area contributed by atoms with Crippen molar-refractivity contribution in [1.29, 1.82) is 0 Å². The van der Waals surface area contributed by atoms with Crippen molar-refractivity contribution < 1.29 is 13.5 Å². The van der Waals surface area contributed by atoms with Crippen LogP contribution in [0.3, 0.4) is 0 Å². The fraction of sp³-hybridized carbons (Fsp3) is 0.750. The van der Waals surface area contributed by atoms with Gasteiger partial charge in [-0.2, -0.15) is 9.40 Å². The van der Waals surface area contributed by atoms with Crippen LogP contribution in [0.2, 0.25) is 0 Å². The molecule has 1 unspecified atom stereocenters. The van der Waals surface area contributed by atoms with E-state index in [1.807, 2.05) is 0 Å². The van der Waals surface area contributed by atoms with Gasteiger partial charge in [0.25, 0.3) is 0 Å². The van der Waals surface area contributed by atoms with E-state index in [0.717, 1.165) is 6.42 Å². The number of sulfonamides is 1. The van der Waals surface area contributed by atoms with Gasteiger partial charge >= 0.3 is 0 Å². The minimum Gasteiger partial charge on any atom is -0.396 e. The van der Waals surface area contributed by atoms with Crippen LogP contribution in [0, 0.1) is 19.8 Å². The third-order valence-corrected chi connectivity index (χ3v) is 5.94. The monoisotopic (exact) mass is 287 g/mol. The molecule has 0 saturated carbocycles. The molecular weight excluding hydrogens is 266 g/mol. The molecule has 0 bridgehead atoms. The smallest absolute Gasteiger partial charge is 0.246 e. The van der Waals surface area contributed by atoms with E-state index < -0.39 is 10.0 Å². The molecule has 0 aliphatic carbocycles. The van der Waals surface area contributed by atoms with Crippen LogP contribution in [0.4, 0.5) is 0 Å². The van der Waals surface area contributed by atoms with Crippen LogP contribution >= 0.6 is 0 Å². The Labute approximate surface area is 114 Å². The molecule has 2 heterocycles. The minimum atomic E-state index is -3.46. The van der Waals surface area contributed by atoms with E-state index in [-0.39, 0.29) is 12.5 Å². The first kappa shape index (κ1) is 14.5. The third kappa shape index (κ3) is 2.54. The largest absolute Gasteiger partial charge is 0.396 e. The number of nitrogens with zero attached hydrogens (tertiary/aromatic N) is 3. The summed E-state index contributed by atoms with van der Waals surface area (Å²) in [4.78, 5) is 0.333. The molecule has 1 aromatic heterocycles. The van der Waals surface area contributed by atoms with Crippen molar-refractivity contribution in [3.8, 4) is 0 Å². The molecule has 0 radical (unpaired) electrons. The van der Waals surface area contributed by atoms with Gasteiger partial charge in [0.2, 0.25) is 10.0 Å². The van der Waals surface area contributed by atoms with Crippen LogP contribution in [0.1, 0.15) is 24.2 Å². The summed E-state index contributed by atoms with van der Waals surface area (Å²) in [5.41, 5.74) is 1.22. The van der Waals surface area contributed by atoms with Gasteiger partial charge in [0.15, 0.2) is 0 Å². The average Bonchev–Trinajstić information content (AvgIpc) is 2.87. The summed E-state index contributed by atoms with van der Waals surface area (Å²) >= 11 is 0. The predicted molar refractivity (Wildman–Crippen MR) is 71.3 cm³/mol. The van der Waals surface area contributed by atoms with E-state index >= 15 is 0 Å². The molecule has 1 fully saturated rings. The van der Waals surface area contributed by atoms with Gasteiger partial charge in [0.05, 0.1) is 11.4 Å².